The number of hydrogen-bond acceptors (Lipinski definition) is 3. The van der Waals surface area contributed by atoms with Crippen molar-refractivity contribution in [1.82, 2.24) is 4.90 Å². The summed E-state index contributed by atoms with van der Waals surface area (Å²) in [6, 6.07) is 9.64. The molecule has 0 atom stereocenters. The molecular formula is C19H24NO2. The van der Waals surface area contributed by atoms with Gasteiger partial charge in [0.05, 0.1) is 0 Å². The Balaban J connectivity index is 1.38. The van der Waals surface area contributed by atoms with E-state index in [9.17, 15) is 4.79 Å². The van der Waals surface area contributed by atoms with Crippen LogP contribution in [0.1, 0.15) is 49.1 Å². The number of piperidine rings is 1. The molecule has 1 aromatic carbocycles. The van der Waals surface area contributed by atoms with E-state index in [1.807, 2.05) is 30.3 Å². The van der Waals surface area contributed by atoms with Crippen LogP contribution in [0.25, 0.3) is 11.0 Å². The average molecular weight is 298 g/mol. The monoisotopic (exact) mass is 298 g/mol. The fourth-order valence-corrected chi connectivity index (χ4v) is 3.07. The zero-order chi connectivity index (χ0) is 15.2. The van der Waals surface area contributed by atoms with Gasteiger partial charge in [0.2, 0.25) is 0 Å². The molecule has 0 bridgehead atoms. The number of hydrogen-bond donors (Lipinski definition) is 0. The van der Waals surface area contributed by atoms with Crippen molar-refractivity contribution in [3.63, 3.8) is 0 Å². The van der Waals surface area contributed by atoms with Gasteiger partial charge in [-0.05, 0) is 63.9 Å². The minimum absolute atomic E-state index is 0.128. The molecule has 117 valence electrons. The van der Waals surface area contributed by atoms with Crippen molar-refractivity contribution < 1.29 is 9.21 Å². The van der Waals surface area contributed by atoms with E-state index in [4.69, 9.17) is 4.42 Å². The van der Waals surface area contributed by atoms with E-state index in [1.165, 1.54) is 38.9 Å². The SMILES string of the molecule is O=C(CCCCCN1CC[CH]CC1)c1cc2ccccc2o1. The topological polar surface area (TPSA) is 33.5 Å². The van der Waals surface area contributed by atoms with E-state index in [2.05, 4.69) is 11.3 Å². The summed E-state index contributed by atoms with van der Waals surface area (Å²) < 4.78 is 5.62. The number of furan rings is 1. The lowest BCUT2D eigenvalue weighted by Crippen LogP contribution is -2.30. The molecule has 0 saturated carbocycles. The first-order valence-corrected chi connectivity index (χ1v) is 8.39. The standard InChI is InChI=1S/C19H24NO2/c21-17(19-15-16-9-4-5-11-18(16)22-19)10-3-1-6-12-20-13-7-2-8-14-20/h2,4-5,9,11,15H,1,3,6-8,10,12-14H2. The number of Topliss-reactive ketones (excluding diaryl/α,β-unsaturated/α-hetero) is 1. The summed E-state index contributed by atoms with van der Waals surface area (Å²) in [7, 11) is 0. The maximum atomic E-state index is 12.2. The number of likely N-dealkylation sites (tertiary alicyclic amines) is 1. The Labute approximate surface area is 132 Å². The average Bonchev–Trinajstić information content (AvgIpc) is 2.99. The van der Waals surface area contributed by atoms with E-state index in [0.29, 0.717) is 12.2 Å². The number of carbonyl (C=O) groups excluding carboxylic acids is 1. The molecule has 22 heavy (non-hydrogen) atoms. The zero-order valence-corrected chi connectivity index (χ0v) is 13.1. The molecule has 0 spiro atoms. The van der Waals surface area contributed by atoms with Gasteiger partial charge in [-0.25, -0.2) is 0 Å². The molecule has 1 aliphatic rings. The Morgan fingerprint density at radius 2 is 1.91 bits per heavy atom. The predicted octanol–water partition coefficient (Wildman–Crippen LogP) is 4.48. The Morgan fingerprint density at radius 3 is 2.73 bits per heavy atom. The van der Waals surface area contributed by atoms with Gasteiger partial charge in [-0.3, -0.25) is 4.79 Å². The molecule has 0 aliphatic carbocycles. The Hall–Kier alpha value is -1.61. The van der Waals surface area contributed by atoms with Crippen LogP contribution in [0.5, 0.6) is 0 Å². The number of ketones is 1. The summed E-state index contributed by atoms with van der Waals surface area (Å²) in [6.07, 6.45) is 8.68. The van der Waals surface area contributed by atoms with Gasteiger partial charge in [0.15, 0.2) is 11.5 Å². The molecule has 1 saturated heterocycles. The minimum Gasteiger partial charge on any atom is -0.453 e. The summed E-state index contributed by atoms with van der Waals surface area (Å²) in [5.41, 5.74) is 0.799. The molecule has 0 unspecified atom stereocenters. The zero-order valence-electron chi connectivity index (χ0n) is 13.1. The van der Waals surface area contributed by atoms with Crippen LogP contribution in [0.15, 0.2) is 34.7 Å². The van der Waals surface area contributed by atoms with E-state index in [0.717, 1.165) is 23.8 Å². The molecule has 3 heteroatoms. The van der Waals surface area contributed by atoms with Gasteiger partial charge < -0.3 is 9.32 Å². The lowest BCUT2D eigenvalue weighted by Gasteiger charge is -2.26. The van der Waals surface area contributed by atoms with Crippen LogP contribution in [-0.2, 0) is 0 Å². The van der Waals surface area contributed by atoms with Gasteiger partial charge >= 0.3 is 0 Å². The van der Waals surface area contributed by atoms with E-state index >= 15 is 0 Å². The van der Waals surface area contributed by atoms with Crippen molar-refractivity contribution in [2.45, 2.75) is 38.5 Å². The Bertz CT molecular complexity index is 578. The lowest BCUT2D eigenvalue weighted by molar-refractivity contribution is 0.0954. The Kier molecular flexibility index (Phi) is 5.28. The van der Waals surface area contributed by atoms with Crippen molar-refractivity contribution in [1.29, 1.82) is 0 Å². The summed E-state index contributed by atoms with van der Waals surface area (Å²) >= 11 is 0. The van der Waals surface area contributed by atoms with Gasteiger partial charge in [0.25, 0.3) is 0 Å². The maximum Gasteiger partial charge on any atom is 0.198 e. The molecule has 3 nitrogen and oxygen atoms in total. The number of para-hydroxylation sites is 1. The highest BCUT2D eigenvalue weighted by Crippen LogP contribution is 2.20. The van der Waals surface area contributed by atoms with Crippen LogP contribution < -0.4 is 0 Å². The first-order valence-electron chi connectivity index (χ1n) is 8.39. The molecule has 3 rings (SSSR count). The second-order valence-electron chi connectivity index (χ2n) is 6.09. The first-order chi connectivity index (χ1) is 10.8. The molecule has 2 heterocycles. The van der Waals surface area contributed by atoms with Gasteiger partial charge in [-0.1, -0.05) is 24.6 Å². The second kappa shape index (κ2) is 7.59. The quantitative estimate of drug-likeness (QED) is 0.558. The molecular weight excluding hydrogens is 274 g/mol. The van der Waals surface area contributed by atoms with Crippen molar-refractivity contribution >= 4 is 16.8 Å². The maximum absolute atomic E-state index is 12.2. The van der Waals surface area contributed by atoms with Crippen molar-refractivity contribution in [3.05, 3.63) is 42.5 Å². The van der Waals surface area contributed by atoms with Gasteiger partial charge in [0, 0.05) is 11.8 Å². The number of benzene rings is 1. The third-order valence-corrected chi connectivity index (χ3v) is 4.38. The lowest BCUT2D eigenvalue weighted by atomic mass is 10.1. The van der Waals surface area contributed by atoms with E-state index < -0.39 is 0 Å². The molecule has 1 radical (unpaired) electrons. The van der Waals surface area contributed by atoms with E-state index in [1.54, 1.807) is 0 Å². The van der Waals surface area contributed by atoms with Gasteiger partial charge in [-0.2, -0.15) is 0 Å². The molecule has 1 aromatic heterocycles. The fraction of sp³-hybridized carbons (Fsp3) is 0.474. The van der Waals surface area contributed by atoms with Crippen molar-refractivity contribution in [3.8, 4) is 0 Å². The fourth-order valence-electron chi connectivity index (χ4n) is 3.07. The highest BCUT2D eigenvalue weighted by atomic mass is 16.3. The molecule has 2 aromatic rings. The van der Waals surface area contributed by atoms with Crippen LogP contribution in [0.4, 0.5) is 0 Å². The van der Waals surface area contributed by atoms with Crippen LogP contribution in [0.2, 0.25) is 0 Å². The Morgan fingerprint density at radius 1 is 1.09 bits per heavy atom. The number of rotatable bonds is 7. The molecule has 1 fully saturated rings. The number of carbonyl (C=O) groups is 1. The molecule has 1 aliphatic heterocycles. The van der Waals surface area contributed by atoms with Crippen LogP contribution in [0.3, 0.4) is 0 Å². The number of unbranched alkanes of at least 4 members (excludes halogenated alkanes) is 2. The van der Waals surface area contributed by atoms with Crippen molar-refractivity contribution in [2.24, 2.45) is 0 Å². The van der Waals surface area contributed by atoms with Gasteiger partial charge in [-0.15, -0.1) is 0 Å². The van der Waals surface area contributed by atoms with Crippen LogP contribution >= 0.6 is 0 Å². The normalized spacial score (nSPS) is 16.2. The molecule has 0 N–H and O–H groups in total. The highest BCUT2D eigenvalue weighted by Gasteiger charge is 2.12. The third-order valence-electron chi connectivity index (χ3n) is 4.38. The number of nitrogens with zero attached hydrogens (tertiary/aromatic N) is 1. The smallest absolute Gasteiger partial charge is 0.198 e. The third kappa shape index (κ3) is 3.98. The summed E-state index contributed by atoms with van der Waals surface area (Å²) in [5.74, 6) is 0.636. The van der Waals surface area contributed by atoms with Crippen LogP contribution in [0, 0.1) is 6.42 Å². The minimum atomic E-state index is 0.128. The van der Waals surface area contributed by atoms with Crippen molar-refractivity contribution in [2.75, 3.05) is 19.6 Å². The highest BCUT2D eigenvalue weighted by molar-refractivity contribution is 5.97. The van der Waals surface area contributed by atoms with Crippen LogP contribution in [-0.4, -0.2) is 30.3 Å². The number of fused-ring (bicyclic) bond motifs is 1. The first kappa shape index (κ1) is 15.3. The predicted molar refractivity (Wildman–Crippen MR) is 89.0 cm³/mol. The summed E-state index contributed by atoms with van der Waals surface area (Å²) in [5, 5.41) is 1.01. The van der Waals surface area contributed by atoms with E-state index in [-0.39, 0.29) is 5.78 Å². The second-order valence-corrected chi connectivity index (χ2v) is 6.09. The largest absolute Gasteiger partial charge is 0.453 e. The van der Waals surface area contributed by atoms with Gasteiger partial charge in [0.1, 0.15) is 5.58 Å². The molecule has 0 amide bonds. The summed E-state index contributed by atoms with van der Waals surface area (Å²) in [4.78, 5) is 14.7. The summed E-state index contributed by atoms with van der Waals surface area (Å²) in [6.45, 7) is 3.59.